The minimum absolute atomic E-state index is 0.0211. The van der Waals surface area contributed by atoms with E-state index in [1.54, 1.807) is 17.6 Å². The quantitative estimate of drug-likeness (QED) is 0.710. The molecule has 1 saturated heterocycles. The van der Waals surface area contributed by atoms with Crippen molar-refractivity contribution in [3.8, 4) is 0 Å². The van der Waals surface area contributed by atoms with Gasteiger partial charge in [0.05, 0.1) is 29.1 Å². The smallest absolute Gasteiger partial charge is 0.271 e. The summed E-state index contributed by atoms with van der Waals surface area (Å²) in [6, 6.07) is 7.78. The molecule has 5 nitrogen and oxygen atoms in total. The second-order valence-electron chi connectivity index (χ2n) is 6.16. The summed E-state index contributed by atoms with van der Waals surface area (Å²) in [6.07, 6.45) is 3.82. The zero-order chi connectivity index (χ0) is 16.5. The monoisotopic (exact) mass is 344 g/mol. The Morgan fingerprint density at radius 3 is 3.08 bits per heavy atom. The molecule has 0 bridgehead atoms. The summed E-state index contributed by atoms with van der Waals surface area (Å²) in [5, 5.41) is 2.05. The predicted octanol–water partition coefficient (Wildman–Crippen LogP) is 3.65. The van der Waals surface area contributed by atoms with Gasteiger partial charge in [0.2, 0.25) is 0 Å². The molecule has 1 aliphatic heterocycles. The van der Waals surface area contributed by atoms with Gasteiger partial charge < -0.3 is 18.6 Å². The van der Waals surface area contributed by atoms with E-state index in [1.807, 2.05) is 46.2 Å². The Bertz CT molecular complexity index is 828. The minimum Gasteiger partial charge on any atom is -0.467 e. The highest BCUT2D eigenvalue weighted by atomic mass is 32.1. The highest BCUT2D eigenvalue weighted by molar-refractivity contribution is 7.17. The van der Waals surface area contributed by atoms with Crippen LogP contribution in [0.3, 0.4) is 0 Å². The molecule has 1 amide bonds. The molecule has 3 aromatic rings. The molecule has 0 spiro atoms. The van der Waals surface area contributed by atoms with Crippen LogP contribution in [0.25, 0.3) is 10.2 Å². The van der Waals surface area contributed by atoms with E-state index in [0.717, 1.165) is 35.4 Å². The number of carbonyl (C=O) groups is 1. The van der Waals surface area contributed by atoms with Crippen LogP contribution in [0.4, 0.5) is 0 Å². The highest BCUT2D eigenvalue weighted by Gasteiger charge is 2.26. The lowest BCUT2D eigenvalue weighted by Crippen LogP contribution is -2.37. The number of amides is 1. The van der Waals surface area contributed by atoms with E-state index < -0.39 is 0 Å². The summed E-state index contributed by atoms with van der Waals surface area (Å²) in [5.41, 5.74) is 1.81. The minimum atomic E-state index is 0.0211. The van der Waals surface area contributed by atoms with Gasteiger partial charge in [-0.3, -0.25) is 4.79 Å². The number of rotatable bonds is 5. The van der Waals surface area contributed by atoms with Crippen LogP contribution < -0.4 is 0 Å². The Morgan fingerprint density at radius 2 is 2.38 bits per heavy atom. The van der Waals surface area contributed by atoms with E-state index in [9.17, 15) is 4.79 Å². The van der Waals surface area contributed by atoms with E-state index in [2.05, 4.69) is 0 Å². The standard InChI is InChI=1S/C18H20N2O3S/c1-19-15-6-9-24-17(15)10-16(19)18(21)20(11-13-4-2-7-22-13)12-14-5-3-8-23-14/h2,4,6-7,9-10,14H,3,5,8,11-12H2,1H3. The zero-order valence-electron chi connectivity index (χ0n) is 13.6. The second kappa shape index (κ2) is 6.45. The second-order valence-corrected chi connectivity index (χ2v) is 7.11. The van der Waals surface area contributed by atoms with Gasteiger partial charge in [0.1, 0.15) is 11.5 Å². The highest BCUT2D eigenvalue weighted by Crippen LogP contribution is 2.26. The molecule has 0 N–H and O–H groups in total. The van der Waals surface area contributed by atoms with Crippen LogP contribution in [0.2, 0.25) is 0 Å². The molecule has 0 radical (unpaired) electrons. The summed E-state index contributed by atoms with van der Waals surface area (Å²) in [5.74, 6) is 0.810. The lowest BCUT2D eigenvalue weighted by molar-refractivity contribution is 0.0485. The number of thiophene rings is 1. The molecule has 1 unspecified atom stereocenters. The first-order valence-electron chi connectivity index (χ1n) is 8.18. The average Bonchev–Trinajstić information content (AvgIpc) is 3.33. The number of carbonyl (C=O) groups excluding carboxylic acids is 1. The van der Waals surface area contributed by atoms with E-state index >= 15 is 0 Å². The number of hydrogen-bond acceptors (Lipinski definition) is 4. The Kier molecular flexibility index (Phi) is 4.16. The largest absolute Gasteiger partial charge is 0.467 e. The maximum Gasteiger partial charge on any atom is 0.271 e. The van der Waals surface area contributed by atoms with E-state index in [0.29, 0.717) is 18.8 Å². The van der Waals surface area contributed by atoms with Crippen molar-refractivity contribution >= 4 is 27.5 Å². The van der Waals surface area contributed by atoms with Crippen LogP contribution in [0.15, 0.2) is 40.3 Å². The van der Waals surface area contributed by atoms with Crippen molar-refractivity contribution < 1.29 is 13.9 Å². The number of furan rings is 1. The van der Waals surface area contributed by atoms with Gasteiger partial charge in [0.15, 0.2) is 0 Å². The first-order chi connectivity index (χ1) is 11.7. The Morgan fingerprint density at radius 1 is 1.46 bits per heavy atom. The van der Waals surface area contributed by atoms with Gasteiger partial charge in [-0.2, -0.15) is 0 Å². The van der Waals surface area contributed by atoms with Gasteiger partial charge in [0, 0.05) is 20.2 Å². The summed E-state index contributed by atoms with van der Waals surface area (Å²) in [4.78, 5) is 15.0. The fraction of sp³-hybridized carbons (Fsp3) is 0.389. The molecule has 0 aromatic carbocycles. The maximum atomic E-state index is 13.2. The summed E-state index contributed by atoms with van der Waals surface area (Å²) < 4.78 is 14.3. The lowest BCUT2D eigenvalue weighted by atomic mass is 10.2. The van der Waals surface area contributed by atoms with E-state index in [1.165, 1.54) is 0 Å². The van der Waals surface area contributed by atoms with Gasteiger partial charge >= 0.3 is 0 Å². The molecule has 126 valence electrons. The first kappa shape index (κ1) is 15.5. The topological polar surface area (TPSA) is 47.6 Å². The molecule has 1 fully saturated rings. The van der Waals surface area contributed by atoms with Crippen molar-refractivity contribution in [2.75, 3.05) is 13.2 Å². The lowest BCUT2D eigenvalue weighted by Gasteiger charge is -2.25. The van der Waals surface area contributed by atoms with Crippen LogP contribution in [0.1, 0.15) is 29.1 Å². The van der Waals surface area contributed by atoms with Crippen LogP contribution in [-0.2, 0) is 18.3 Å². The Balaban J connectivity index is 1.61. The number of aromatic nitrogens is 1. The molecule has 24 heavy (non-hydrogen) atoms. The van der Waals surface area contributed by atoms with Gasteiger partial charge in [-0.05, 0) is 42.5 Å². The SMILES string of the molecule is Cn1c(C(=O)N(Cc2ccco2)CC2CCCO2)cc2sccc21. The fourth-order valence-corrected chi connectivity index (χ4v) is 4.11. The molecule has 3 aromatic heterocycles. The molecule has 0 saturated carbocycles. The van der Waals surface area contributed by atoms with Crippen molar-refractivity contribution in [1.82, 2.24) is 9.47 Å². The van der Waals surface area contributed by atoms with Crippen molar-refractivity contribution in [1.29, 1.82) is 0 Å². The third kappa shape index (κ3) is 2.87. The number of nitrogens with zero attached hydrogens (tertiary/aromatic N) is 2. The molecule has 0 aliphatic carbocycles. The predicted molar refractivity (Wildman–Crippen MR) is 93.2 cm³/mol. The van der Waals surface area contributed by atoms with Gasteiger partial charge in [-0.15, -0.1) is 11.3 Å². The number of ether oxygens (including phenoxy) is 1. The molecular weight excluding hydrogens is 324 g/mol. The maximum absolute atomic E-state index is 13.2. The molecule has 1 atom stereocenters. The number of aryl methyl sites for hydroxylation is 1. The number of fused-ring (bicyclic) bond motifs is 1. The molecule has 4 rings (SSSR count). The molecule has 6 heteroatoms. The van der Waals surface area contributed by atoms with Crippen molar-refractivity contribution in [2.45, 2.75) is 25.5 Å². The number of hydrogen-bond donors (Lipinski definition) is 0. The summed E-state index contributed by atoms with van der Waals surface area (Å²) in [7, 11) is 1.94. The Hall–Kier alpha value is -2.05. The molecule has 4 heterocycles. The van der Waals surface area contributed by atoms with E-state index in [4.69, 9.17) is 9.15 Å². The van der Waals surface area contributed by atoms with Crippen LogP contribution in [0.5, 0.6) is 0 Å². The molecule has 1 aliphatic rings. The van der Waals surface area contributed by atoms with Crippen molar-refractivity contribution in [3.63, 3.8) is 0 Å². The normalized spacial score (nSPS) is 17.6. The first-order valence-corrected chi connectivity index (χ1v) is 9.06. The third-order valence-electron chi connectivity index (χ3n) is 4.55. The average molecular weight is 344 g/mol. The Labute approximate surface area is 144 Å². The summed E-state index contributed by atoms with van der Waals surface area (Å²) >= 11 is 1.65. The van der Waals surface area contributed by atoms with Gasteiger partial charge in [0.25, 0.3) is 5.91 Å². The summed E-state index contributed by atoms with van der Waals surface area (Å²) in [6.45, 7) is 1.84. The molecular formula is C18H20N2O3S. The van der Waals surface area contributed by atoms with Gasteiger partial charge in [-0.25, -0.2) is 0 Å². The van der Waals surface area contributed by atoms with Gasteiger partial charge in [-0.1, -0.05) is 0 Å². The fourth-order valence-electron chi connectivity index (χ4n) is 3.26. The zero-order valence-corrected chi connectivity index (χ0v) is 14.4. The van der Waals surface area contributed by atoms with Crippen LogP contribution in [0, 0.1) is 0 Å². The van der Waals surface area contributed by atoms with Crippen molar-refractivity contribution in [3.05, 3.63) is 47.4 Å². The van der Waals surface area contributed by atoms with E-state index in [-0.39, 0.29) is 12.0 Å². The van der Waals surface area contributed by atoms with Crippen molar-refractivity contribution in [2.24, 2.45) is 7.05 Å². The van der Waals surface area contributed by atoms with Crippen LogP contribution in [-0.4, -0.2) is 34.6 Å². The van der Waals surface area contributed by atoms with Crippen LogP contribution >= 0.6 is 11.3 Å². The third-order valence-corrected chi connectivity index (χ3v) is 5.40.